The smallest absolute Gasteiger partial charge is 0.0983 e. The van der Waals surface area contributed by atoms with Crippen LogP contribution in [0.2, 0.25) is 0 Å². The summed E-state index contributed by atoms with van der Waals surface area (Å²) in [6, 6.07) is 1.02. The number of nitrogens with one attached hydrogen (secondary N) is 2. The first-order chi connectivity index (χ1) is 9.38. The first kappa shape index (κ1) is 12.4. The maximum absolute atomic E-state index is 2.53. The SMILES string of the molecule is C1=C[C@H]2C[C@@H]1C[C@@H]2C[NH+]1CCC([NH+]2CCCC2)CC1. The molecule has 0 aromatic heterocycles. The van der Waals surface area contributed by atoms with Gasteiger partial charge >= 0.3 is 0 Å². The average molecular weight is 262 g/mol. The molecule has 2 aliphatic carbocycles. The number of fused-ring (bicyclic) bond motifs is 2. The van der Waals surface area contributed by atoms with Crippen LogP contribution in [0.1, 0.15) is 38.5 Å². The molecule has 19 heavy (non-hydrogen) atoms. The normalized spacial score (nSPS) is 46.2. The van der Waals surface area contributed by atoms with Crippen LogP contribution < -0.4 is 9.80 Å². The average Bonchev–Trinajstić information content (AvgIpc) is 3.17. The lowest BCUT2D eigenvalue weighted by Gasteiger charge is -2.34. The summed E-state index contributed by atoms with van der Waals surface area (Å²) < 4.78 is 0. The number of rotatable bonds is 3. The molecule has 4 rings (SSSR count). The molecular formula is C17H30N2+2. The number of quaternary nitrogens is 2. The molecule has 0 spiro atoms. The molecule has 2 heterocycles. The topological polar surface area (TPSA) is 8.88 Å². The van der Waals surface area contributed by atoms with Crippen LogP contribution in [0.25, 0.3) is 0 Å². The molecule has 0 unspecified atom stereocenters. The van der Waals surface area contributed by atoms with Gasteiger partial charge in [-0.25, -0.2) is 0 Å². The Morgan fingerprint density at radius 3 is 2.32 bits per heavy atom. The number of allylic oxidation sites excluding steroid dienone is 2. The predicted molar refractivity (Wildman–Crippen MR) is 77.4 cm³/mol. The molecule has 2 N–H and O–H groups in total. The van der Waals surface area contributed by atoms with Gasteiger partial charge in [-0.2, -0.15) is 0 Å². The standard InChI is InChI=1S/C17H28N2/c1-2-8-19(7-1)17-5-9-18(10-6-17)13-16-12-14-3-4-15(16)11-14/h3-4,14-17H,1-2,5-13H2/p+2/t14-,15+,16-/m1/s1. The highest BCUT2D eigenvalue weighted by Gasteiger charge is 2.39. The van der Waals surface area contributed by atoms with Gasteiger partial charge in [0, 0.05) is 31.6 Å². The van der Waals surface area contributed by atoms with Crippen LogP contribution in [0.4, 0.5) is 0 Å². The summed E-state index contributed by atoms with van der Waals surface area (Å²) in [5.41, 5.74) is 0. The Morgan fingerprint density at radius 1 is 0.895 bits per heavy atom. The Bertz CT molecular complexity index is 337. The van der Waals surface area contributed by atoms with Crippen LogP contribution in [0.5, 0.6) is 0 Å². The summed E-state index contributed by atoms with van der Waals surface area (Å²) in [5.74, 6) is 2.95. The van der Waals surface area contributed by atoms with Gasteiger partial charge in [-0.3, -0.25) is 0 Å². The van der Waals surface area contributed by atoms with Crippen LogP contribution in [-0.4, -0.2) is 38.8 Å². The molecule has 2 aliphatic heterocycles. The number of piperidine rings is 1. The van der Waals surface area contributed by atoms with E-state index in [2.05, 4.69) is 12.2 Å². The molecule has 3 fully saturated rings. The molecule has 0 aromatic carbocycles. The van der Waals surface area contributed by atoms with Gasteiger partial charge in [0.15, 0.2) is 0 Å². The van der Waals surface area contributed by atoms with Crippen LogP contribution in [0, 0.1) is 17.8 Å². The summed E-state index contributed by atoms with van der Waals surface area (Å²) in [6.07, 6.45) is 14.0. The van der Waals surface area contributed by atoms with Gasteiger partial charge in [-0.05, 0) is 24.7 Å². The molecule has 2 saturated heterocycles. The van der Waals surface area contributed by atoms with Gasteiger partial charge < -0.3 is 9.80 Å². The fourth-order valence-corrected chi connectivity index (χ4v) is 5.38. The van der Waals surface area contributed by atoms with E-state index in [0.717, 1.165) is 23.8 Å². The fourth-order valence-electron chi connectivity index (χ4n) is 5.38. The third-order valence-electron chi connectivity index (χ3n) is 6.48. The minimum Gasteiger partial charge on any atom is -0.334 e. The molecule has 2 heteroatoms. The zero-order chi connectivity index (χ0) is 12.7. The molecule has 106 valence electrons. The molecular weight excluding hydrogens is 232 g/mol. The van der Waals surface area contributed by atoms with E-state index in [1.165, 1.54) is 71.2 Å². The van der Waals surface area contributed by atoms with Gasteiger partial charge in [-0.15, -0.1) is 0 Å². The van der Waals surface area contributed by atoms with Crippen molar-refractivity contribution in [1.82, 2.24) is 0 Å². The summed E-state index contributed by atoms with van der Waals surface area (Å²) in [6.45, 7) is 7.35. The number of likely N-dealkylation sites (tertiary alicyclic amines) is 2. The van der Waals surface area contributed by atoms with E-state index in [0.29, 0.717) is 0 Å². The lowest BCUT2D eigenvalue weighted by molar-refractivity contribution is -0.952. The van der Waals surface area contributed by atoms with Crippen molar-refractivity contribution in [3.8, 4) is 0 Å². The Morgan fingerprint density at radius 2 is 1.68 bits per heavy atom. The third-order valence-corrected chi connectivity index (χ3v) is 6.48. The lowest BCUT2D eigenvalue weighted by Crippen LogP contribution is -3.20. The molecule has 1 saturated carbocycles. The molecule has 0 radical (unpaired) electrons. The highest BCUT2D eigenvalue weighted by Crippen LogP contribution is 2.42. The minimum absolute atomic E-state index is 0.958. The van der Waals surface area contributed by atoms with Crippen molar-refractivity contribution in [1.29, 1.82) is 0 Å². The molecule has 3 atom stereocenters. The van der Waals surface area contributed by atoms with Gasteiger partial charge in [-0.1, -0.05) is 12.2 Å². The van der Waals surface area contributed by atoms with Gasteiger partial charge in [0.25, 0.3) is 0 Å². The van der Waals surface area contributed by atoms with E-state index >= 15 is 0 Å². The number of hydrogen-bond acceptors (Lipinski definition) is 0. The molecule has 2 bridgehead atoms. The van der Waals surface area contributed by atoms with E-state index in [-0.39, 0.29) is 0 Å². The Hall–Kier alpha value is -0.340. The van der Waals surface area contributed by atoms with E-state index in [1.54, 1.807) is 0 Å². The van der Waals surface area contributed by atoms with Crippen molar-refractivity contribution in [2.75, 3.05) is 32.7 Å². The third kappa shape index (κ3) is 2.50. The maximum atomic E-state index is 2.53. The van der Waals surface area contributed by atoms with Gasteiger partial charge in [0.2, 0.25) is 0 Å². The second-order valence-electron chi connectivity index (χ2n) is 7.63. The first-order valence-corrected chi connectivity index (χ1v) is 8.75. The van der Waals surface area contributed by atoms with E-state index in [1.807, 2.05) is 9.80 Å². The summed E-state index contributed by atoms with van der Waals surface area (Å²) in [7, 11) is 0. The minimum atomic E-state index is 0.958. The first-order valence-electron chi connectivity index (χ1n) is 8.75. The lowest BCUT2D eigenvalue weighted by atomic mass is 9.92. The summed E-state index contributed by atoms with van der Waals surface area (Å²) in [4.78, 5) is 3.88. The van der Waals surface area contributed by atoms with E-state index < -0.39 is 0 Å². The van der Waals surface area contributed by atoms with Gasteiger partial charge in [0.05, 0.1) is 38.8 Å². The fraction of sp³-hybridized carbons (Fsp3) is 0.882. The van der Waals surface area contributed by atoms with E-state index in [4.69, 9.17) is 0 Å². The van der Waals surface area contributed by atoms with Crippen molar-refractivity contribution in [2.24, 2.45) is 17.8 Å². The Labute approximate surface area is 117 Å². The van der Waals surface area contributed by atoms with Crippen LogP contribution in [0.15, 0.2) is 12.2 Å². The second-order valence-corrected chi connectivity index (χ2v) is 7.63. The van der Waals surface area contributed by atoms with Crippen molar-refractivity contribution in [2.45, 2.75) is 44.6 Å². The molecule has 2 nitrogen and oxygen atoms in total. The second kappa shape index (κ2) is 5.21. The Balaban J connectivity index is 1.25. The predicted octanol–water partition coefficient (Wildman–Crippen LogP) is -0.0754. The van der Waals surface area contributed by atoms with Crippen LogP contribution >= 0.6 is 0 Å². The Kier molecular flexibility index (Phi) is 3.40. The highest BCUT2D eigenvalue weighted by atomic mass is 15.2. The van der Waals surface area contributed by atoms with Crippen molar-refractivity contribution in [3.63, 3.8) is 0 Å². The largest absolute Gasteiger partial charge is 0.334 e. The number of hydrogen-bond donors (Lipinski definition) is 2. The zero-order valence-electron chi connectivity index (χ0n) is 12.2. The quantitative estimate of drug-likeness (QED) is 0.659. The summed E-state index contributed by atoms with van der Waals surface area (Å²) in [5, 5.41) is 0. The molecule has 0 aromatic rings. The van der Waals surface area contributed by atoms with E-state index in [9.17, 15) is 0 Å². The highest BCUT2D eigenvalue weighted by molar-refractivity contribution is 5.09. The van der Waals surface area contributed by atoms with Crippen molar-refractivity contribution >= 4 is 0 Å². The molecule has 0 amide bonds. The summed E-state index contributed by atoms with van der Waals surface area (Å²) >= 11 is 0. The van der Waals surface area contributed by atoms with Crippen molar-refractivity contribution in [3.05, 3.63) is 12.2 Å². The van der Waals surface area contributed by atoms with Crippen molar-refractivity contribution < 1.29 is 9.80 Å². The van der Waals surface area contributed by atoms with Gasteiger partial charge in [0.1, 0.15) is 0 Å². The van der Waals surface area contributed by atoms with Crippen LogP contribution in [0.3, 0.4) is 0 Å². The molecule has 4 aliphatic rings. The zero-order valence-corrected chi connectivity index (χ0v) is 12.2. The maximum Gasteiger partial charge on any atom is 0.0983 e. The van der Waals surface area contributed by atoms with Crippen LogP contribution in [-0.2, 0) is 0 Å². The monoisotopic (exact) mass is 262 g/mol.